The van der Waals surface area contributed by atoms with Gasteiger partial charge in [-0.2, -0.15) is 0 Å². The molecule has 0 saturated heterocycles. The minimum absolute atomic E-state index is 0.0929. The highest BCUT2D eigenvalue weighted by Gasteiger charge is 2.09. The Balaban J connectivity index is 2.65. The first-order valence-electron chi connectivity index (χ1n) is 6.03. The maximum absolute atomic E-state index is 11.7. The fourth-order valence-corrected chi connectivity index (χ4v) is 1.66. The van der Waals surface area contributed by atoms with Crippen LogP contribution in [0.4, 0.5) is 0 Å². The van der Waals surface area contributed by atoms with Crippen LogP contribution in [0.5, 0.6) is 0 Å². The second-order valence-electron chi connectivity index (χ2n) is 4.25. The average molecular weight is 236 g/mol. The van der Waals surface area contributed by atoms with Crippen LogP contribution in [0.2, 0.25) is 0 Å². The van der Waals surface area contributed by atoms with Gasteiger partial charge in [-0.15, -0.1) is 0 Å². The van der Waals surface area contributed by atoms with E-state index < -0.39 is 0 Å². The lowest BCUT2D eigenvalue weighted by atomic mass is 10.2. The minimum Gasteiger partial charge on any atom is -0.352 e. The number of aryl methyl sites for hydroxylation is 1. The molecule has 0 unspecified atom stereocenters. The topological polar surface area (TPSA) is 51.1 Å². The van der Waals surface area contributed by atoms with Crippen LogP contribution < -0.4 is 10.9 Å². The van der Waals surface area contributed by atoms with Gasteiger partial charge in [-0.1, -0.05) is 13.8 Å². The van der Waals surface area contributed by atoms with Gasteiger partial charge in [0, 0.05) is 18.3 Å². The number of carbonyl (C=O) groups excluding carboxylic acids is 1. The Morgan fingerprint density at radius 2 is 2.06 bits per heavy atom. The van der Waals surface area contributed by atoms with Gasteiger partial charge in [0.05, 0.1) is 0 Å². The summed E-state index contributed by atoms with van der Waals surface area (Å²) in [6, 6.07) is 3.56. The summed E-state index contributed by atoms with van der Waals surface area (Å²) < 4.78 is 1.42. The molecule has 4 nitrogen and oxygen atoms in total. The van der Waals surface area contributed by atoms with Crippen molar-refractivity contribution in [1.82, 2.24) is 9.88 Å². The molecule has 1 heterocycles. The van der Waals surface area contributed by atoms with Gasteiger partial charge in [-0.05, 0) is 31.4 Å². The van der Waals surface area contributed by atoms with E-state index in [1.54, 1.807) is 6.20 Å². The Hall–Kier alpha value is -1.58. The predicted octanol–water partition coefficient (Wildman–Crippen LogP) is 1.46. The molecule has 4 heteroatoms. The van der Waals surface area contributed by atoms with Crippen molar-refractivity contribution < 1.29 is 4.79 Å². The fourth-order valence-electron chi connectivity index (χ4n) is 1.66. The first-order chi connectivity index (χ1) is 8.06. The third kappa shape index (κ3) is 4.06. The van der Waals surface area contributed by atoms with Crippen molar-refractivity contribution in [2.24, 2.45) is 0 Å². The summed E-state index contributed by atoms with van der Waals surface area (Å²) in [7, 11) is 0. The van der Waals surface area contributed by atoms with E-state index in [0.717, 1.165) is 18.4 Å². The molecule has 0 aliphatic heterocycles. The lowest BCUT2D eigenvalue weighted by Gasteiger charge is -2.15. The summed E-state index contributed by atoms with van der Waals surface area (Å²) in [5.41, 5.74) is 0.774. The molecule has 1 N–H and O–H groups in total. The predicted molar refractivity (Wildman–Crippen MR) is 68.0 cm³/mol. The molecule has 0 atom stereocenters. The molecule has 17 heavy (non-hydrogen) atoms. The first kappa shape index (κ1) is 13.5. The van der Waals surface area contributed by atoms with E-state index in [2.05, 4.69) is 5.32 Å². The highest BCUT2D eigenvalue weighted by atomic mass is 16.2. The zero-order chi connectivity index (χ0) is 12.8. The van der Waals surface area contributed by atoms with Gasteiger partial charge in [-0.25, -0.2) is 0 Å². The molecule has 0 aliphatic carbocycles. The maximum Gasteiger partial charge on any atom is 0.251 e. The SMILES string of the molecule is CCC(CC)NC(=O)Cn1ccc(C)cc1=O. The van der Waals surface area contributed by atoms with E-state index in [1.165, 1.54) is 10.6 Å². The normalized spacial score (nSPS) is 10.6. The van der Waals surface area contributed by atoms with E-state index >= 15 is 0 Å². The van der Waals surface area contributed by atoms with Crippen LogP contribution >= 0.6 is 0 Å². The average Bonchev–Trinajstić information content (AvgIpc) is 2.29. The van der Waals surface area contributed by atoms with Crippen LogP contribution in [0.25, 0.3) is 0 Å². The summed E-state index contributed by atoms with van der Waals surface area (Å²) in [5.74, 6) is -0.107. The van der Waals surface area contributed by atoms with Crippen LogP contribution in [0, 0.1) is 6.92 Å². The molecular weight excluding hydrogens is 216 g/mol. The Morgan fingerprint density at radius 3 is 2.59 bits per heavy atom. The number of pyridine rings is 1. The smallest absolute Gasteiger partial charge is 0.251 e. The summed E-state index contributed by atoms with van der Waals surface area (Å²) in [6.45, 7) is 6.02. The Bertz CT molecular complexity index is 433. The van der Waals surface area contributed by atoms with Crippen LogP contribution in [-0.2, 0) is 11.3 Å². The van der Waals surface area contributed by atoms with Gasteiger partial charge in [0.15, 0.2) is 0 Å². The Kier molecular flexibility index (Phi) is 4.94. The van der Waals surface area contributed by atoms with E-state index in [0.29, 0.717) is 0 Å². The molecule has 0 aliphatic rings. The molecule has 0 spiro atoms. The summed E-state index contributed by atoms with van der Waals surface area (Å²) in [5, 5.41) is 2.91. The van der Waals surface area contributed by atoms with E-state index in [1.807, 2.05) is 26.8 Å². The lowest BCUT2D eigenvalue weighted by Crippen LogP contribution is -2.38. The molecule has 0 bridgehead atoms. The van der Waals surface area contributed by atoms with Crippen LogP contribution in [0.15, 0.2) is 23.1 Å². The molecule has 1 aromatic rings. The molecule has 0 radical (unpaired) electrons. The Morgan fingerprint density at radius 1 is 1.41 bits per heavy atom. The number of amides is 1. The highest BCUT2D eigenvalue weighted by molar-refractivity contribution is 5.76. The molecule has 94 valence electrons. The molecule has 1 aromatic heterocycles. The number of nitrogens with one attached hydrogen (secondary N) is 1. The molecule has 0 fully saturated rings. The number of rotatable bonds is 5. The van der Waals surface area contributed by atoms with E-state index in [4.69, 9.17) is 0 Å². The second kappa shape index (κ2) is 6.23. The first-order valence-corrected chi connectivity index (χ1v) is 6.03. The molecule has 1 amide bonds. The van der Waals surface area contributed by atoms with Gasteiger partial charge in [0.1, 0.15) is 6.54 Å². The number of hydrogen-bond donors (Lipinski definition) is 1. The third-order valence-corrected chi connectivity index (χ3v) is 2.82. The van der Waals surface area contributed by atoms with E-state index in [-0.39, 0.29) is 24.1 Å². The van der Waals surface area contributed by atoms with Crippen LogP contribution in [0.3, 0.4) is 0 Å². The van der Waals surface area contributed by atoms with Gasteiger partial charge >= 0.3 is 0 Å². The number of hydrogen-bond acceptors (Lipinski definition) is 2. The standard InChI is InChI=1S/C13H20N2O2/c1-4-11(5-2)14-12(16)9-15-7-6-10(3)8-13(15)17/h6-8,11H,4-5,9H2,1-3H3,(H,14,16). The van der Waals surface area contributed by atoms with Crippen LogP contribution in [-0.4, -0.2) is 16.5 Å². The van der Waals surface area contributed by atoms with E-state index in [9.17, 15) is 9.59 Å². The van der Waals surface area contributed by atoms with Crippen molar-refractivity contribution >= 4 is 5.91 Å². The zero-order valence-corrected chi connectivity index (χ0v) is 10.7. The van der Waals surface area contributed by atoms with Crippen molar-refractivity contribution in [3.63, 3.8) is 0 Å². The molecule has 0 saturated carbocycles. The van der Waals surface area contributed by atoms with Gasteiger partial charge in [0.25, 0.3) is 5.56 Å². The summed E-state index contributed by atoms with van der Waals surface area (Å²) in [6.07, 6.45) is 3.47. The number of carbonyl (C=O) groups is 1. The van der Waals surface area contributed by atoms with Gasteiger partial charge in [0.2, 0.25) is 5.91 Å². The Labute approximate surface area is 102 Å². The van der Waals surface area contributed by atoms with Crippen molar-refractivity contribution in [3.8, 4) is 0 Å². The summed E-state index contributed by atoms with van der Waals surface area (Å²) >= 11 is 0. The maximum atomic E-state index is 11.7. The highest BCUT2D eigenvalue weighted by Crippen LogP contribution is 1.96. The summed E-state index contributed by atoms with van der Waals surface area (Å²) in [4.78, 5) is 23.3. The quantitative estimate of drug-likeness (QED) is 0.841. The largest absolute Gasteiger partial charge is 0.352 e. The van der Waals surface area contributed by atoms with Crippen molar-refractivity contribution in [2.45, 2.75) is 46.2 Å². The molecule has 0 aromatic carbocycles. The van der Waals surface area contributed by atoms with Gasteiger partial charge < -0.3 is 9.88 Å². The second-order valence-corrected chi connectivity index (χ2v) is 4.25. The zero-order valence-electron chi connectivity index (χ0n) is 10.7. The van der Waals surface area contributed by atoms with Crippen molar-refractivity contribution in [3.05, 3.63) is 34.2 Å². The third-order valence-electron chi connectivity index (χ3n) is 2.82. The monoisotopic (exact) mass is 236 g/mol. The van der Waals surface area contributed by atoms with Crippen LogP contribution in [0.1, 0.15) is 32.3 Å². The lowest BCUT2D eigenvalue weighted by molar-refractivity contribution is -0.122. The van der Waals surface area contributed by atoms with Gasteiger partial charge in [-0.3, -0.25) is 9.59 Å². The fraction of sp³-hybridized carbons (Fsp3) is 0.538. The molecular formula is C13H20N2O2. The molecule has 1 rings (SSSR count). The number of aromatic nitrogens is 1. The van der Waals surface area contributed by atoms with Crippen molar-refractivity contribution in [2.75, 3.05) is 0 Å². The van der Waals surface area contributed by atoms with Crippen molar-refractivity contribution in [1.29, 1.82) is 0 Å². The minimum atomic E-state index is -0.135. The number of nitrogens with zero attached hydrogens (tertiary/aromatic N) is 1.